The molecule has 2 N–H and O–H groups in total. The number of rotatable bonds is 3. The molecule has 0 aliphatic carbocycles. The lowest BCUT2D eigenvalue weighted by Gasteiger charge is -2.16. The fourth-order valence-electron chi connectivity index (χ4n) is 1.88. The molecular weight excluding hydrogens is 232 g/mol. The molecule has 94 valence electrons. The maximum Gasteiger partial charge on any atom is 0.337 e. The summed E-state index contributed by atoms with van der Waals surface area (Å²) in [6, 6.07) is 9.53. The lowest BCUT2D eigenvalue weighted by Crippen LogP contribution is -2.28. The molecule has 18 heavy (non-hydrogen) atoms. The summed E-state index contributed by atoms with van der Waals surface area (Å²) in [4.78, 5) is 24.8. The highest BCUT2D eigenvalue weighted by Crippen LogP contribution is 2.18. The number of ether oxygens (including phenoxy) is 1. The molecule has 0 radical (unpaired) electrons. The zero-order valence-electron chi connectivity index (χ0n) is 10.1. The molecule has 0 unspecified atom stereocenters. The van der Waals surface area contributed by atoms with Crippen molar-refractivity contribution < 1.29 is 14.3 Å². The third-order valence-electron chi connectivity index (χ3n) is 2.84. The van der Waals surface area contributed by atoms with Crippen LogP contribution in [0.5, 0.6) is 0 Å². The molecule has 0 saturated heterocycles. The van der Waals surface area contributed by atoms with Crippen LogP contribution in [0.2, 0.25) is 0 Å². The number of hydrogen-bond donors (Lipinski definition) is 1. The van der Waals surface area contributed by atoms with Crippen LogP contribution in [-0.2, 0) is 20.9 Å². The Labute approximate surface area is 105 Å². The molecule has 0 aromatic heterocycles. The quantitative estimate of drug-likeness (QED) is 0.784. The molecule has 2 rings (SSSR count). The molecule has 1 aromatic carbocycles. The van der Waals surface area contributed by atoms with Crippen molar-refractivity contribution in [2.24, 2.45) is 5.73 Å². The molecule has 0 spiro atoms. The van der Waals surface area contributed by atoms with Gasteiger partial charge in [0.2, 0.25) is 0 Å². The van der Waals surface area contributed by atoms with Gasteiger partial charge in [0.25, 0.3) is 5.91 Å². The van der Waals surface area contributed by atoms with Gasteiger partial charge >= 0.3 is 5.97 Å². The number of hydrogen-bond acceptors (Lipinski definition) is 4. The minimum atomic E-state index is -0.545. The van der Waals surface area contributed by atoms with Gasteiger partial charge in [0, 0.05) is 6.54 Å². The van der Waals surface area contributed by atoms with E-state index in [-0.39, 0.29) is 23.7 Å². The third-order valence-corrected chi connectivity index (χ3v) is 2.84. The predicted octanol–water partition coefficient (Wildman–Crippen LogP) is 0.415. The molecule has 1 aliphatic rings. The van der Waals surface area contributed by atoms with Crippen LogP contribution in [0, 0.1) is 0 Å². The van der Waals surface area contributed by atoms with Gasteiger partial charge in [0.1, 0.15) is 5.70 Å². The van der Waals surface area contributed by atoms with Gasteiger partial charge in [0.15, 0.2) is 0 Å². The highest BCUT2D eigenvalue weighted by Gasteiger charge is 2.32. The maximum atomic E-state index is 11.9. The van der Waals surface area contributed by atoms with Crippen LogP contribution in [0.15, 0.2) is 41.6 Å². The van der Waals surface area contributed by atoms with E-state index in [1.807, 2.05) is 30.3 Å². The van der Waals surface area contributed by atoms with Gasteiger partial charge in [-0.05, 0) is 5.56 Å². The summed E-state index contributed by atoms with van der Waals surface area (Å²) in [7, 11) is 1.27. The maximum absolute atomic E-state index is 11.9. The van der Waals surface area contributed by atoms with E-state index in [9.17, 15) is 9.59 Å². The summed E-state index contributed by atoms with van der Waals surface area (Å²) in [6.45, 7) is 0.632. The van der Waals surface area contributed by atoms with Gasteiger partial charge in [-0.1, -0.05) is 30.3 Å². The fourth-order valence-corrected chi connectivity index (χ4v) is 1.88. The number of esters is 1. The van der Waals surface area contributed by atoms with Gasteiger partial charge in [-0.25, -0.2) is 4.79 Å². The molecule has 0 bridgehead atoms. The summed E-state index contributed by atoms with van der Waals surface area (Å²) in [5.74, 6) is -0.865. The Morgan fingerprint density at radius 1 is 1.39 bits per heavy atom. The summed E-state index contributed by atoms with van der Waals surface area (Å²) < 4.78 is 4.60. The summed E-state index contributed by atoms with van der Waals surface area (Å²) in [6.07, 6.45) is 0. The minimum absolute atomic E-state index is 0.0159. The Balaban J connectivity index is 2.12. The van der Waals surface area contributed by atoms with Gasteiger partial charge in [-0.3, -0.25) is 4.79 Å². The molecule has 5 heteroatoms. The van der Waals surface area contributed by atoms with Crippen LogP contribution in [0.3, 0.4) is 0 Å². The van der Waals surface area contributed by atoms with Crippen molar-refractivity contribution in [2.45, 2.75) is 6.54 Å². The van der Waals surface area contributed by atoms with Crippen molar-refractivity contribution >= 4 is 11.9 Å². The molecular formula is C13H14N2O3. The Hall–Kier alpha value is -2.30. The molecule has 1 amide bonds. The van der Waals surface area contributed by atoms with Crippen molar-refractivity contribution in [3.63, 3.8) is 0 Å². The number of methoxy groups -OCH3 is 1. The van der Waals surface area contributed by atoms with Gasteiger partial charge < -0.3 is 15.4 Å². The van der Waals surface area contributed by atoms with Crippen LogP contribution in [0.1, 0.15) is 5.56 Å². The molecule has 1 aromatic rings. The average Bonchev–Trinajstić information content (AvgIpc) is 2.67. The van der Waals surface area contributed by atoms with Gasteiger partial charge in [-0.2, -0.15) is 0 Å². The second-order valence-corrected chi connectivity index (χ2v) is 4.03. The first kappa shape index (κ1) is 12.2. The summed E-state index contributed by atoms with van der Waals surface area (Å²) >= 11 is 0. The first-order valence-corrected chi connectivity index (χ1v) is 5.53. The molecule has 5 nitrogen and oxygen atoms in total. The molecule has 1 aliphatic heterocycles. The highest BCUT2D eigenvalue weighted by molar-refractivity contribution is 6.05. The van der Waals surface area contributed by atoms with E-state index in [0.717, 1.165) is 5.56 Å². The number of carbonyl (C=O) groups excluding carboxylic acids is 2. The third kappa shape index (κ3) is 2.20. The van der Waals surface area contributed by atoms with Crippen molar-refractivity contribution in [2.75, 3.05) is 13.7 Å². The normalized spacial score (nSPS) is 15.2. The first-order valence-electron chi connectivity index (χ1n) is 5.53. The van der Waals surface area contributed by atoms with E-state index in [2.05, 4.69) is 4.74 Å². The van der Waals surface area contributed by atoms with E-state index in [4.69, 9.17) is 5.73 Å². The zero-order valence-corrected chi connectivity index (χ0v) is 10.1. The summed E-state index contributed by atoms with van der Waals surface area (Å²) in [5.41, 5.74) is 6.84. The topological polar surface area (TPSA) is 72.6 Å². The lowest BCUT2D eigenvalue weighted by atomic mass is 10.2. The van der Waals surface area contributed by atoms with E-state index in [1.165, 1.54) is 12.0 Å². The van der Waals surface area contributed by atoms with Crippen molar-refractivity contribution in [1.29, 1.82) is 0 Å². The molecule has 1 heterocycles. The smallest absolute Gasteiger partial charge is 0.337 e. The molecule has 0 saturated carbocycles. The first-order chi connectivity index (χ1) is 8.63. The SMILES string of the molecule is COC(=O)C1=C(N)C(=O)N(Cc2ccccc2)C1. The van der Waals surface area contributed by atoms with Crippen LogP contribution in [0.25, 0.3) is 0 Å². The number of amides is 1. The van der Waals surface area contributed by atoms with E-state index >= 15 is 0 Å². The number of carbonyl (C=O) groups is 2. The monoisotopic (exact) mass is 246 g/mol. The number of benzene rings is 1. The van der Waals surface area contributed by atoms with E-state index in [1.54, 1.807) is 0 Å². The molecule has 0 atom stereocenters. The Morgan fingerprint density at radius 3 is 2.67 bits per heavy atom. The summed E-state index contributed by atoms with van der Waals surface area (Å²) in [5, 5.41) is 0. The van der Waals surface area contributed by atoms with Crippen LogP contribution < -0.4 is 5.73 Å². The Kier molecular flexibility index (Phi) is 3.32. The number of nitrogens with two attached hydrogens (primary N) is 1. The standard InChI is InChI=1S/C13H14N2O3/c1-18-13(17)10-8-15(12(16)11(10)14)7-9-5-3-2-4-6-9/h2-6H,7-8,14H2,1H3. The lowest BCUT2D eigenvalue weighted by molar-refractivity contribution is -0.136. The Bertz CT molecular complexity index is 508. The van der Waals surface area contributed by atoms with Crippen molar-refractivity contribution in [3.05, 3.63) is 47.2 Å². The number of nitrogens with zero attached hydrogens (tertiary/aromatic N) is 1. The minimum Gasteiger partial charge on any atom is -0.466 e. The average molecular weight is 246 g/mol. The fraction of sp³-hybridized carbons (Fsp3) is 0.231. The predicted molar refractivity (Wildman–Crippen MR) is 65.1 cm³/mol. The highest BCUT2D eigenvalue weighted by atomic mass is 16.5. The van der Waals surface area contributed by atoms with E-state index in [0.29, 0.717) is 6.54 Å². The molecule has 0 fully saturated rings. The van der Waals surface area contributed by atoms with Gasteiger partial charge in [-0.15, -0.1) is 0 Å². The zero-order chi connectivity index (χ0) is 13.1. The Morgan fingerprint density at radius 2 is 2.06 bits per heavy atom. The second kappa shape index (κ2) is 4.91. The largest absolute Gasteiger partial charge is 0.466 e. The van der Waals surface area contributed by atoms with Crippen molar-refractivity contribution in [1.82, 2.24) is 4.90 Å². The van der Waals surface area contributed by atoms with Crippen molar-refractivity contribution in [3.8, 4) is 0 Å². The van der Waals surface area contributed by atoms with Crippen LogP contribution in [-0.4, -0.2) is 30.4 Å². The van der Waals surface area contributed by atoms with Crippen LogP contribution in [0.4, 0.5) is 0 Å². The second-order valence-electron chi connectivity index (χ2n) is 4.03. The van der Waals surface area contributed by atoms with Crippen LogP contribution >= 0.6 is 0 Å². The van der Waals surface area contributed by atoms with Gasteiger partial charge in [0.05, 0.1) is 19.2 Å². The van der Waals surface area contributed by atoms with E-state index < -0.39 is 5.97 Å².